The molecule has 2 nitrogen and oxygen atoms in total. The third-order valence-corrected chi connectivity index (χ3v) is 3.06. The van der Waals surface area contributed by atoms with E-state index in [0.29, 0.717) is 0 Å². The highest BCUT2D eigenvalue weighted by Gasteiger charge is 2.16. The molecule has 1 aliphatic rings. The molecule has 0 saturated heterocycles. The van der Waals surface area contributed by atoms with Crippen LogP contribution >= 0.6 is 0 Å². The van der Waals surface area contributed by atoms with Crippen LogP contribution in [-0.2, 0) is 11.2 Å². The Morgan fingerprint density at radius 3 is 2.93 bits per heavy atom. The Morgan fingerprint density at radius 1 is 1.27 bits per heavy atom. The number of para-hydroxylation sites is 1. The fourth-order valence-electron chi connectivity index (χ4n) is 2.01. The number of hydrogen-bond acceptors (Lipinski definition) is 1. The van der Waals surface area contributed by atoms with Crippen molar-refractivity contribution in [2.75, 3.05) is 5.32 Å². The van der Waals surface area contributed by atoms with Gasteiger partial charge >= 0.3 is 0 Å². The molecular weight excluding hydrogens is 186 g/mol. The zero-order valence-electron chi connectivity index (χ0n) is 9.12. The molecule has 0 saturated carbocycles. The lowest BCUT2D eigenvalue weighted by atomic mass is 10.0. The molecule has 2 rings (SSSR count). The number of amides is 1. The second-order valence-corrected chi connectivity index (χ2v) is 4.29. The Balaban J connectivity index is 2.26. The van der Waals surface area contributed by atoms with Gasteiger partial charge in [-0.1, -0.05) is 31.5 Å². The molecule has 0 aliphatic carbocycles. The fourth-order valence-corrected chi connectivity index (χ4v) is 2.01. The molecule has 1 aromatic rings. The van der Waals surface area contributed by atoms with Gasteiger partial charge in [-0.05, 0) is 30.9 Å². The Labute approximate surface area is 90.7 Å². The van der Waals surface area contributed by atoms with E-state index in [-0.39, 0.29) is 11.8 Å². The van der Waals surface area contributed by atoms with Crippen LogP contribution in [-0.4, -0.2) is 5.91 Å². The molecule has 0 fully saturated rings. The molecule has 1 aliphatic heterocycles. The van der Waals surface area contributed by atoms with Crippen molar-refractivity contribution in [3.8, 4) is 0 Å². The summed E-state index contributed by atoms with van der Waals surface area (Å²) in [5, 5.41) is 3.01. The maximum Gasteiger partial charge on any atom is 0.227 e. The van der Waals surface area contributed by atoms with Gasteiger partial charge in [0.25, 0.3) is 0 Å². The van der Waals surface area contributed by atoms with E-state index in [1.54, 1.807) is 0 Å². The van der Waals surface area contributed by atoms with Crippen molar-refractivity contribution in [2.24, 2.45) is 5.92 Å². The summed E-state index contributed by atoms with van der Waals surface area (Å²) in [4.78, 5) is 11.8. The summed E-state index contributed by atoms with van der Waals surface area (Å²) in [6.45, 7) is 2.00. The first-order chi connectivity index (χ1) is 7.27. The highest BCUT2D eigenvalue weighted by Crippen LogP contribution is 2.22. The van der Waals surface area contributed by atoms with E-state index in [2.05, 4.69) is 11.4 Å². The predicted molar refractivity (Wildman–Crippen MR) is 61.8 cm³/mol. The number of fused-ring (bicyclic) bond motifs is 1. The Kier molecular flexibility index (Phi) is 3.05. The molecule has 0 unspecified atom stereocenters. The molecule has 2 heteroatoms. The van der Waals surface area contributed by atoms with Crippen LogP contribution in [0.1, 0.15) is 31.7 Å². The third-order valence-electron chi connectivity index (χ3n) is 3.06. The largest absolute Gasteiger partial charge is 0.326 e. The Bertz CT molecular complexity index is 359. The Hall–Kier alpha value is -1.31. The highest BCUT2D eigenvalue weighted by molar-refractivity contribution is 5.93. The summed E-state index contributed by atoms with van der Waals surface area (Å²) in [5.74, 6) is 0.292. The van der Waals surface area contributed by atoms with Crippen LogP contribution < -0.4 is 5.32 Å². The number of nitrogens with one attached hydrogen (secondary N) is 1. The maximum atomic E-state index is 11.8. The minimum absolute atomic E-state index is 0.135. The minimum atomic E-state index is 0.135. The standard InChI is InChI=1S/C13H17NO/c1-10-6-2-3-7-11-8-4-5-9-12(11)14-13(10)15/h4-5,8-10H,2-3,6-7H2,1H3,(H,14,15)/t10-/m1/s1. The lowest BCUT2D eigenvalue weighted by Gasteiger charge is -2.11. The molecule has 0 aromatic heterocycles. The van der Waals surface area contributed by atoms with E-state index < -0.39 is 0 Å². The van der Waals surface area contributed by atoms with Gasteiger partial charge in [0.1, 0.15) is 0 Å². The van der Waals surface area contributed by atoms with Crippen molar-refractivity contribution in [3.05, 3.63) is 29.8 Å². The average Bonchev–Trinajstić information content (AvgIpc) is 2.31. The molecule has 1 atom stereocenters. The number of carbonyl (C=O) groups is 1. The van der Waals surface area contributed by atoms with E-state index in [1.807, 2.05) is 25.1 Å². The van der Waals surface area contributed by atoms with Crippen molar-refractivity contribution in [1.82, 2.24) is 0 Å². The molecule has 15 heavy (non-hydrogen) atoms. The van der Waals surface area contributed by atoms with Crippen LogP contribution in [0.25, 0.3) is 0 Å². The van der Waals surface area contributed by atoms with E-state index >= 15 is 0 Å². The SMILES string of the molecule is C[C@@H]1CCCCc2ccccc2NC1=O. The van der Waals surface area contributed by atoms with E-state index in [1.165, 1.54) is 12.0 Å². The second kappa shape index (κ2) is 4.47. The number of anilines is 1. The van der Waals surface area contributed by atoms with Crippen LogP contribution in [0.15, 0.2) is 24.3 Å². The average molecular weight is 203 g/mol. The van der Waals surface area contributed by atoms with Crippen molar-refractivity contribution < 1.29 is 4.79 Å². The lowest BCUT2D eigenvalue weighted by molar-refractivity contribution is -0.119. The summed E-state index contributed by atoms with van der Waals surface area (Å²) in [6, 6.07) is 8.10. The van der Waals surface area contributed by atoms with Gasteiger partial charge < -0.3 is 5.32 Å². The first-order valence-electron chi connectivity index (χ1n) is 5.66. The maximum absolute atomic E-state index is 11.8. The van der Waals surface area contributed by atoms with Crippen molar-refractivity contribution in [2.45, 2.75) is 32.6 Å². The lowest BCUT2D eigenvalue weighted by Crippen LogP contribution is -2.20. The van der Waals surface area contributed by atoms with Crippen LogP contribution in [0.3, 0.4) is 0 Å². The minimum Gasteiger partial charge on any atom is -0.326 e. The summed E-state index contributed by atoms with van der Waals surface area (Å²) >= 11 is 0. The first-order valence-corrected chi connectivity index (χ1v) is 5.66. The summed E-state index contributed by atoms with van der Waals surface area (Å²) in [6.07, 6.45) is 4.39. The van der Waals surface area contributed by atoms with Crippen LogP contribution in [0, 0.1) is 5.92 Å². The van der Waals surface area contributed by atoms with Crippen molar-refractivity contribution >= 4 is 11.6 Å². The van der Waals surface area contributed by atoms with Gasteiger partial charge in [-0.3, -0.25) is 4.79 Å². The van der Waals surface area contributed by atoms with Gasteiger partial charge in [-0.2, -0.15) is 0 Å². The summed E-state index contributed by atoms with van der Waals surface area (Å²) in [7, 11) is 0. The highest BCUT2D eigenvalue weighted by atomic mass is 16.1. The normalized spacial score (nSPS) is 21.9. The van der Waals surface area contributed by atoms with Gasteiger partial charge in [-0.15, -0.1) is 0 Å². The van der Waals surface area contributed by atoms with E-state index in [0.717, 1.165) is 24.9 Å². The zero-order valence-corrected chi connectivity index (χ0v) is 9.12. The molecule has 0 radical (unpaired) electrons. The van der Waals surface area contributed by atoms with Crippen LogP contribution in [0.2, 0.25) is 0 Å². The van der Waals surface area contributed by atoms with E-state index in [4.69, 9.17) is 0 Å². The topological polar surface area (TPSA) is 29.1 Å². The van der Waals surface area contributed by atoms with Gasteiger partial charge in [0.05, 0.1) is 0 Å². The van der Waals surface area contributed by atoms with Gasteiger partial charge in [0.2, 0.25) is 5.91 Å². The number of carbonyl (C=O) groups excluding carboxylic acids is 1. The third kappa shape index (κ3) is 2.38. The van der Waals surface area contributed by atoms with Crippen LogP contribution in [0.5, 0.6) is 0 Å². The van der Waals surface area contributed by atoms with Gasteiger partial charge in [0.15, 0.2) is 0 Å². The summed E-state index contributed by atoms with van der Waals surface area (Å²) < 4.78 is 0. The smallest absolute Gasteiger partial charge is 0.227 e. The predicted octanol–water partition coefficient (Wildman–Crippen LogP) is 2.99. The molecule has 80 valence electrons. The molecule has 1 N–H and O–H groups in total. The molecular formula is C13H17NO. The number of hydrogen-bond donors (Lipinski definition) is 1. The monoisotopic (exact) mass is 203 g/mol. The molecule has 0 bridgehead atoms. The second-order valence-electron chi connectivity index (χ2n) is 4.29. The van der Waals surface area contributed by atoms with Crippen molar-refractivity contribution in [3.63, 3.8) is 0 Å². The molecule has 0 spiro atoms. The number of benzene rings is 1. The quantitative estimate of drug-likeness (QED) is 0.690. The van der Waals surface area contributed by atoms with Crippen LogP contribution in [0.4, 0.5) is 5.69 Å². The van der Waals surface area contributed by atoms with Crippen molar-refractivity contribution in [1.29, 1.82) is 0 Å². The molecule has 1 heterocycles. The molecule has 1 amide bonds. The number of rotatable bonds is 0. The summed E-state index contributed by atoms with van der Waals surface area (Å²) in [5.41, 5.74) is 2.26. The fraction of sp³-hybridized carbons (Fsp3) is 0.462. The molecule has 1 aromatic carbocycles. The Morgan fingerprint density at radius 2 is 2.07 bits per heavy atom. The van der Waals surface area contributed by atoms with E-state index in [9.17, 15) is 4.79 Å². The first kappa shape index (κ1) is 10.2. The number of aryl methyl sites for hydroxylation is 1. The van der Waals surface area contributed by atoms with Gasteiger partial charge in [-0.25, -0.2) is 0 Å². The van der Waals surface area contributed by atoms with Gasteiger partial charge in [0, 0.05) is 11.6 Å². The zero-order chi connectivity index (χ0) is 10.7.